The maximum absolute atomic E-state index is 11.9. The van der Waals surface area contributed by atoms with Crippen molar-refractivity contribution in [2.45, 2.75) is 25.7 Å². The summed E-state index contributed by atoms with van der Waals surface area (Å²) >= 11 is 5.96. The highest BCUT2D eigenvalue weighted by Gasteiger charge is 2.30. The summed E-state index contributed by atoms with van der Waals surface area (Å²) in [5, 5.41) is 15.1. The standard InChI is InChI=1S/C15H19ClN2O3/c16-12-7-3-4-8-13(12)18-15(21)17-9-10-5-1-2-6-11(10)14(19)20/h3-4,7-8,10-11H,1-2,5-6,9H2,(H,19,20)(H2,17,18,21). The van der Waals surface area contributed by atoms with E-state index in [-0.39, 0.29) is 17.9 Å². The number of carboxylic acids is 1. The van der Waals surface area contributed by atoms with Crippen LogP contribution in [0.2, 0.25) is 5.02 Å². The Bertz CT molecular complexity index is 521. The number of para-hydroxylation sites is 1. The minimum atomic E-state index is -0.770. The normalized spacial score (nSPS) is 21.6. The highest BCUT2D eigenvalue weighted by atomic mass is 35.5. The Kier molecular flexibility index (Phi) is 5.44. The van der Waals surface area contributed by atoms with Gasteiger partial charge in [-0.05, 0) is 30.9 Å². The number of rotatable bonds is 4. The van der Waals surface area contributed by atoms with E-state index in [1.54, 1.807) is 24.3 Å². The number of nitrogens with one attached hydrogen (secondary N) is 2. The minimum Gasteiger partial charge on any atom is -0.481 e. The molecule has 0 aliphatic heterocycles. The average molecular weight is 311 g/mol. The van der Waals surface area contributed by atoms with Crippen LogP contribution >= 0.6 is 11.6 Å². The molecule has 2 rings (SSSR count). The zero-order valence-electron chi connectivity index (χ0n) is 11.6. The third kappa shape index (κ3) is 4.36. The van der Waals surface area contributed by atoms with Gasteiger partial charge in [-0.3, -0.25) is 4.79 Å². The van der Waals surface area contributed by atoms with Crippen molar-refractivity contribution in [3.05, 3.63) is 29.3 Å². The fraction of sp³-hybridized carbons (Fsp3) is 0.467. The van der Waals surface area contributed by atoms with Crippen LogP contribution in [0, 0.1) is 11.8 Å². The number of urea groups is 1. The average Bonchev–Trinajstić information content (AvgIpc) is 2.48. The van der Waals surface area contributed by atoms with Crippen LogP contribution in [0.15, 0.2) is 24.3 Å². The molecule has 1 aliphatic carbocycles. The number of aliphatic carboxylic acids is 1. The fourth-order valence-corrected chi connectivity index (χ4v) is 2.91. The Balaban J connectivity index is 1.86. The molecular formula is C15H19ClN2O3. The number of amides is 2. The van der Waals surface area contributed by atoms with Gasteiger partial charge in [0.2, 0.25) is 0 Å². The molecule has 0 heterocycles. The molecule has 1 aromatic rings. The predicted molar refractivity (Wildman–Crippen MR) is 81.6 cm³/mol. The van der Waals surface area contributed by atoms with Crippen molar-refractivity contribution in [2.24, 2.45) is 11.8 Å². The van der Waals surface area contributed by atoms with E-state index in [0.717, 1.165) is 19.3 Å². The van der Waals surface area contributed by atoms with E-state index < -0.39 is 5.97 Å². The van der Waals surface area contributed by atoms with Gasteiger partial charge in [-0.25, -0.2) is 4.79 Å². The van der Waals surface area contributed by atoms with Crippen LogP contribution in [0.5, 0.6) is 0 Å². The van der Waals surface area contributed by atoms with Gasteiger partial charge in [0.15, 0.2) is 0 Å². The van der Waals surface area contributed by atoms with E-state index in [2.05, 4.69) is 10.6 Å². The zero-order valence-corrected chi connectivity index (χ0v) is 12.4. The lowest BCUT2D eigenvalue weighted by Crippen LogP contribution is -2.38. The van der Waals surface area contributed by atoms with Gasteiger partial charge in [-0.1, -0.05) is 36.6 Å². The minimum absolute atomic E-state index is 0.00625. The fourth-order valence-electron chi connectivity index (χ4n) is 2.73. The van der Waals surface area contributed by atoms with Crippen molar-refractivity contribution >= 4 is 29.3 Å². The molecule has 1 saturated carbocycles. The van der Waals surface area contributed by atoms with Gasteiger partial charge >= 0.3 is 12.0 Å². The SMILES string of the molecule is O=C(NCC1CCCCC1C(=O)O)Nc1ccccc1Cl. The Labute approximate surface area is 128 Å². The largest absolute Gasteiger partial charge is 0.481 e. The van der Waals surface area contributed by atoms with Gasteiger partial charge in [0, 0.05) is 6.54 Å². The van der Waals surface area contributed by atoms with Gasteiger partial charge in [-0.15, -0.1) is 0 Å². The van der Waals surface area contributed by atoms with Crippen LogP contribution in [-0.2, 0) is 4.79 Å². The summed E-state index contributed by atoms with van der Waals surface area (Å²) in [6.07, 6.45) is 3.48. The molecule has 0 spiro atoms. The van der Waals surface area contributed by atoms with E-state index >= 15 is 0 Å². The van der Waals surface area contributed by atoms with Crippen LogP contribution in [-0.4, -0.2) is 23.7 Å². The number of benzene rings is 1. The van der Waals surface area contributed by atoms with Crippen LogP contribution in [0.25, 0.3) is 0 Å². The highest BCUT2D eigenvalue weighted by Crippen LogP contribution is 2.29. The first-order chi connectivity index (χ1) is 10.1. The molecule has 3 N–H and O–H groups in total. The van der Waals surface area contributed by atoms with Crippen molar-refractivity contribution in [1.29, 1.82) is 0 Å². The molecule has 1 aromatic carbocycles. The molecule has 2 amide bonds. The Morgan fingerprint density at radius 2 is 1.95 bits per heavy atom. The summed E-state index contributed by atoms with van der Waals surface area (Å²) in [6.45, 7) is 0.368. The van der Waals surface area contributed by atoms with E-state index in [1.165, 1.54) is 0 Å². The predicted octanol–water partition coefficient (Wildman–Crippen LogP) is 3.35. The number of halogens is 1. The summed E-state index contributed by atoms with van der Waals surface area (Å²) in [5.41, 5.74) is 0.537. The highest BCUT2D eigenvalue weighted by molar-refractivity contribution is 6.33. The second-order valence-corrected chi connectivity index (χ2v) is 5.71. The van der Waals surface area contributed by atoms with Gasteiger partial charge in [0.1, 0.15) is 0 Å². The number of carbonyl (C=O) groups is 2. The van der Waals surface area contributed by atoms with Crippen molar-refractivity contribution in [3.63, 3.8) is 0 Å². The number of anilines is 1. The molecule has 5 nitrogen and oxygen atoms in total. The van der Waals surface area contributed by atoms with Crippen LogP contribution in [0.3, 0.4) is 0 Å². The lowest BCUT2D eigenvalue weighted by molar-refractivity contribution is -0.144. The van der Waals surface area contributed by atoms with Crippen molar-refractivity contribution in [1.82, 2.24) is 5.32 Å². The van der Waals surface area contributed by atoms with Crippen molar-refractivity contribution in [3.8, 4) is 0 Å². The van der Waals surface area contributed by atoms with E-state index in [9.17, 15) is 14.7 Å². The number of hydrogen-bond acceptors (Lipinski definition) is 2. The maximum atomic E-state index is 11.9. The molecule has 1 fully saturated rings. The van der Waals surface area contributed by atoms with Gasteiger partial charge < -0.3 is 15.7 Å². The smallest absolute Gasteiger partial charge is 0.319 e. The van der Waals surface area contributed by atoms with E-state index in [1.807, 2.05) is 0 Å². The third-order valence-corrected chi connectivity index (χ3v) is 4.20. The van der Waals surface area contributed by atoms with Crippen LogP contribution < -0.4 is 10.6 Å². The number of carbonyl (C=O) groups excluding carboxylic acids is 1. The quantitative estimate of drug-likeness (QED) is 0.798. The van der Waals surface area contributed by atoms with E-state index in [4.69, 9.17) is 11.6 Å². The summed E-state index contributed by atoms with van der Waals surface area (Å²) in [4.78, 5) is 23.1. The first-order valence-corrected chi connectivity index (χ1v) is 7.48. The summed E-state index contributed by atoms with van der Waals surface area (Å²) in [6, 6.07) is 6.60. The van der Waals surface area contributed by atoms with Crippen molar-refractivity contribution < 1.29 is 14.7 Å². The second kappa shape index (κ2) is 7.31. The third-order valence-electron chi connectivity index (χ3n) is 3.87. The molecule has 0 aromatic heterocycles. The molecule has 2 unspecified atom stereocenters. The van der Waals surface area contributed by atoms with Gasteiger partial charge in [0.25, 0.3) is 0 Å². The Morgan fingerprint density at radius 1 is 1.24 bits per heavy atom. The molecule has 114 valence electrons. The lowest BCUT2D eigenvalue weighted by Gasteiger charge is -2.28. The van der Waals surface area contributed by atoms with E-state index in [0.29, 0.717) is 23.7 Å². The summed E-state index contributed by atoms with van der Waals surface area (Å²) in [7, 11) is 0. The van der Waals surface area contributed by atoms with Gasteiger partial charge in [-0.2, -0.15) is 0 Å². The first kappa shape index (κ1) is 15.6. The molecule has 0 radical (unpaired) electrons. The van der Waals surface area contributed by atoms with Crippen LogP contribution in [0.4, 0.5) is 10.5 Å². The monoisotopic (exact) mass is 310 g/mol. The molecular weight excluding hydrogens is 292 g/mol. The summed E-state index contributed by atoms with van der Waals surface area (Å²) < 4.78 is 0. The van der Waals surface area contributed by atoms with Crippen molar-refractivity contribution in [2.75, 3.05) is 11.9 Å². The van der Waals surface area contributed by atoms with Gasteiger partial charge in [0.05, 0.1) is 16.6 Å². The summed E-state index contributed by atoms with van der Waals surface area (Å²) in [5.74, 6) is -1.14. The molecule has 1 aliphatic rings. The molecule has 0 saturated heterocycles. The van der Waals surface area contributed by atoms with Crippen LogP contribution in [0.1, 0.15) is 25.7 Å². The Morgan fingerprint density at radius 3 is 2.67 bits per heavy atom. The topological polar surface area (TPSA) is 78.4 Å². The Hall–Kier alpha value is -1.75. The maximum Gasteiger partial charge on any atom is 0.319 e. The first-order valence-electron chi connectivity index (χ1n) is 7.10. The molecule has 2 atom stereocenters. The zero-order chi connectivity index (χ0) is 15.2. The number of carboxylic acid groups (broad SMARTS) is 1. The molecule has 0 bridgehead atoms. The number of hydrogen-bond donors (Lipinski definition) is 3. The molecule has 21 heavy (non-hydrogen) atoms. The molecule has 6 heteroatoms. The second-order valence-electron chi connectivity index (χ2n) is 5.30. The lowest BCUT2D eigenvalue weighted by atomic mass is 9.79.